The highest BCUT2D eigenvalue weighted by Gasteiger charge is 2.44. The second-order valence-corrected chi connectivity index (χ2v) is 10.7. The highest BCUT2D eigenvalue weighted by atomic mass is 16.6. The molecule has 0 radical (unpaired) electrons. The number of aromatic nitrogens is 4. The lowest BCUT2D eigenvalue weighted by Gasteiger charge is -2.25. The van der Waals surface area contributed by atoms with Gasteiger partial charge in [-0.3, -0.25) is 14.3 Å². The van der Waals surface area contributed by atoms with Crippen molar-refractivity contribution in [3.05, 3.63) is 126 Å². The van der Waals surface area contributed by atoms with E-state index in [-0.39, 0.29) is 17.1 Å². The zero-order chi connectivity index (χ0) is 30.9. The SMILES string of the molecule is O=c1[nH]c(Nc2ccc(-c3ccc(N(c4ccccc4)c4ccccc4)cc3)cc2)nc2c1ncn2[C@@H]1O[C@H](CO)[C@@H](O)[C@H]1O. The Hall–Kier alpha value is -5.33. The number of rotatable bonds is 8. The molecule has 1 aliphatic rings. The quantitative estimate of drug-likeness (QED) is 0.168. The van der Waals surface area contributed by atoms with Gasteiger partial charge in [0.1, 0.15) is 18.3 Å². The number of para-hydroxylation sites is 2. The summed E-state index contributed by atoms with van der Waals surface area (Å²) >= 11 is 0. The van der Waals surface area contributed by atoms with E-state index in [1.54, 1.807) is 0 Å². The Morgan fingerprint density at radius 1 is 0.800 bits per heavy atom. The average Bonchev–Trinajstić information content (AvgIpc) is 3.63. The third-order valence-corrected chi connectivity index (χ3v) is 7.86. The van der Waals surface area contributed by atoms with Crippen molar-refractivity contribution in [2.45, 2.75) is 24.5 Å². The number of aliphatic hydroxyl groups excluding tert-OH is 3. The van der Waals surface area contributed by atoms with Gasteiger partial charge in [-0.05, 0) is 59.7 Å². The number of hydrogen-bond acceptors (Lipinski definition) is 9. The number of ether oxygens (including phenoxy) is 1. The van der Waals surface area contributed by atoms with Crippen molar-refractivity contribution in [2.24, 2.45) is 0 Å². The van der Waals surface area contributed by atoms with E-state index >= 15 is 0 Å². The minimum atomic E-state index is -1.33. The zero-order valence-electron chi connectivity index (χ0n) is 23.9. The molecular weight excluding hydrogens is 572 g/mol. The summed E-state index contributed by atoms with van der Waals surface area (Å²) in [6.07, 6.45) is -3.35. The fraction of sp³-hybridized carbons (Fsp3) is 0.147. The van der Waals surface area contributed by atoms with Crippen LogP contribution in [0, 0.1) is 0 Å². The molecular formula is C34H30N6O5. The molecule has 5 N–H and O–H groups in total. The minimum Gasteiger partial charge on any atom is -0.394 e. The monoisotopic (exact) mass is 602 g/mol. The topological polar surface area (TPSA) is 149 Å². The number of nitrogens with one attached hydrogen (secondary N) is 2. The van der Waals surface area contributed by atoms with Gasteiger partial charge in [0.2, 0.25) is 5.95 Å². The van der Waals surface area contributed by atoms with Gasteiger partial charge in [-0.1, -0.05) is 60.7 Å². The molecule has 0 amide bonds. The number of H-pyrrole nitrogens is 1. The molecule has 3 heterocycles. The molecule has 1 saturated heterocycles. The Bertz CT molecular complexity index is 1920. The number of anilines is 5. The number of aliphatic hydroxyl groups is 3. The average molecular weight is 603 g/mol. The van der Waals surface area contributed by atoms with Crippen LogP contribution in [0.25, 0.3) is 22.3 Å². The molecule has 6 aromatic rings. The van der Waals surface area contributed by atoms with E-state index in [0.29, 0.717) is 5.69 Å². The maximum atomic E-state index is 12.8. The summed E-state index contributed by atoms with van der Waals surface area (Å²) in [6.45, 7) is -0.470. The molecule has 11 heteroatoms. The third kappa shape index (κ3) is 5.45. The molecule has 7 rings (SSSR count). The first-order valence-corrected chi connectivity index (χ1v) is 14.5. The predicted octanol–water partition coefficient (Wildman–Crippen LogP) is 4.61. The van der Waals surface area contributed by atoms with Crippen LogP contribution in [0.3, 0.4) is 0 Å². The normalized spacial score (nSPS) is 19.5. The van der Waals surface area contributed by atoms with Crippen molar-refractivity contribution in [3.8, 4) is 11.1 Å². The number of imidazole rings is 1. The first-order chi connectivity index (χ1) is 22.0. The summed E-state index contributed by atoms with van der Waals surface area (Å²) in [4.78, 5) is 26.3. The third-order valence-electron chi connectivity index (χ3n) is 7.86. The van der Waals surface area contributed by atoms with Gasteiger partial charge in [0.15, 0.2) is 17.4 Å². The van der Waals surface area contributed by atoms with Gasteiger partial charge in [0.05, 0.1) is 12.9 Å². The lowest BCUT2D eigenvalue weighted by Crippen LogP contribution is -2.33. The number of fused-ring (bicyclic) bond motifs is 1. The van der Waals surface area contributed by atoms with Crippen LogP contribution < -0.4 is 15.8 Å². The van der Waals surface area contributed by atoms with Crippen LogP contribution in [0.15, 0.2) is 120 Å². The minimum absolute atomic E-state index is 0.0511. The van der Waals surface area contributed by atoms with E-state index in [9.17, 15) is 20.1 Å². The van der Waals surface area contributed by atoms with Crippen molar-refractivity contribution in [1.29, 1.82) is 0 Å². The maximum absolute atomic E-state index is 12.8. The van der Waals surface area contributed by atoms with Crippen LogP contribution in [0.2, 0.25) is 0 Å². The molecule has 4 aromatic carbocycles. The van der Waals surface area contributed by atoms with Crippen LogP contribution in [-0.2, 0) is 4.74 Å². The highest BCUT2D eigenvalue weighted by molar-refractivity contribution is 5.78. The summed E-state index contributed by atoms with van der Waals surface area (Å²) in [5.41, 5.74) is 5.65. The first-order valence-electron chi connectivity index (χ1n) is 14.5. The predicted molar refractivity (Wildman–Crippen MR) is 171 cm³/mol. The largest absolute Gasteiger partial charge is 0.394 e. The van der Waals surface area contributed by atoms with Gasteiger partial charge in [0, 0.05) is 22.7 Å². The second-order valence-electron chi connectivity index (χ2n) is 10.7. The van der Waals surface area contributed by atoms with E-state index in [4.69, 9.17) is 4.74 Å². The fourth-order valence-corrected chi connectivity index (χ4v) is 5.57. The van der Waals surface area contributed by atoms with Crippen molar-refractivity contribution >= 4 is 39.9 Å². The lowest BCUT2D eigenvalue weighted by atomic mass is 10.0. The molecule has 45 heavy (non-hydrogen) atoms. The molecule has 0 saturated carbocycles. The summed E-state index contributed by atoms with van der Waals surface area (Å²) in [5, 5.41) is 33.2. The van der Waals surface area contributed by atoms with Crippen molar-refractivity contribution in [1.82, 2.24) is 19.5 Å². The molecule has 11 nitrogen and oxygen atoms in total. The van der Waals surface area contributed by atoms with E-state index in [1.807, 2.05) is 60.7 Å². The van der Waals surface area contributed by atoms with Crippen LogP contribution in [-0.4, -0.2) is 59.8 Å². The smallest absolute Gasteiger partial charge is 0.280 e. The van der Waals surface area contributed by atoms with E-state index < -0.39 is 36.7 Å². The van der Waals surface area contributed by atoms with Gasteiger partial charge in [0.25, 0.3) is 5.56 Å². The molecule has 4 atom stereocenters. The highest BCUT2D eigenvalue weighted by Crippen LogP contribution is 2.35. The molecule has 2 aromatic heterocycles. The van der Waals surface area contributed by atoms with Gasteiger partial charge < -0.3 is 30.3 Å². The lowest BCUT2D eigenvalue weighted by molar-refractivity contribution is -0.0511. The van der Waals surface area contributed by atoms with E-state index in [1.165, 1.54) is 10.9 Å². The van der Waals surface area contributed by atoms with Crippen molar-refractivity contribution in [2.75, 3.05) is 16.8 Å². The molecule has 0 bridgehead atoms. The van der Waals surface area contributed by atoms with Crippen molar-refractivity contribution < 1.29 is 20.1 Å². The number of benzene rings is 4. The summed E-state index contributed by atoms with van der Waals surface area (Å²) in [6, 6.07) is 36.6. The number of hydrogen-bond donors (Lipinski definition) is 5. The Morgan fingerprint density at radius 3 is 1.96 bits per heavy atom. The van der Waals surface area contributed by atoms with Gasteiger partial charge in [-0.25, -0.2) is 4.98 Å². The summed E-state index contributed by atoms with van der Waals surface area (Å²) in [5.74, 6) is 0.167. The van der Waals surface area contributed by atoms with Crippen LogP contribution in [0.1, 0.15) is 6.23 Å². The van der Waals surface area contributed by atoms with Crippen molar-refractivity contribution in [3.63, 3.8) is 0 Å². The fourth-order valence-electron chi connectivity index (χ4n) is 5.57. The Balaban J connectivity index is 1.11. The zero-order valence-corrected chi connectivity index (χ0v) is 23.9. The standard InChI is InChI=1S/C34H30N6O5/c41-19-27-29(42)30(43)33(45-27)39-20-35-28-31(39)37-34(38-32(28)44)36-23-15-11-21(12-16-23)22-13-17-26(18-14-22)40(24-7-3-1-4-8-24)25-9-5-2-6-10-25/h1-18,20,27,29-30,33,41-43H,19H2,(H2,36,37,38,44)/t27-,29-,30-,33-/m1/s1. The first kappa shape index (κ1) is 28.4. The molecule has 1 fully saturated rings. The van der Waals surface area contributed by atoms with Gasteiger partial charge in [-0.15, -0.1) is 0 Å². The summed E-state index contributed by atoms with van der Waals surface area (Å²) < 4.78 is 6.98. The Morgan fingerprint density at radius 2 is 1.38 bits per heavy atom. The number of aromatic amines is 1. The van der Waals surface area contributed by atoms with Gasteiger partial charge in [-0.2, -0.15) is 4.98 Å². The molecule has 0 aliphatic carbocycles. The van der Waals surface area contributed by atoms with E-state index in [0.717, 1.165) is 28.2 Å². The molecule has 0 spiro atoms. The Labute approximate surface area is 257 Å². The molecule has 0 unspecified atom stereocenters. The van der Waals surface area contributed by atoms with Crippen LogP contribution >= 0.6 is 0 Å². The van der Waals surface area contributed by atoms with Crippen LogP contribution in [0.5, 0.6) is 0 Å². The van der Waals surface area contributed by atoms with Gasteiger partial charge >= 0.3 is 0 Å². The number of nitrogens with zero attached hydrogens (tertiary/aromatic N) is 4. The molecule has 226 valence electrons. The van der Waals surface area contributed by atoms with E-state index in [2.05, 4.69) is 73.7 Å². The van der Waals surface area contributed by atoms with Crippen LogP contribution in [0.4, 0.5) is 28.7 Å². The Kier molecular flexibility index (Phi) is 7.57. The second kappa shape index (κ2) is 12.0. The maximum Gasteiger partial charge on any atom is 0.280 e. The molecule has 1 aliphatic heterocycles. The summed E-state index contributed by atoms with van der Waals surface area (Å²) in [7, 11) is 0.